The van der Waals surface area contributed by atoms with E-state index in [0.717, 1.165) is 17.7 Å². The summed E-state index contributed by atoms with van der Waals surface area (Å²) in [5, 5.41) is 6.72. The molecule has 3 N–H and O–H groups in total. The van der Waals surface area contributed by atoms with Crippen molar-refractivity contribution in [2.24, 2.45) is 0 Å². The molecule has 7 heteroatoms. The fraction of sp³-hybridized carbons (Fsp3) is 0.136. The molecule has 0 saturated heterocycles. The molecular weight excluding hydrogens is 402 g/mol. The number of hydrogen-bond donors (Lipinski definition) is 3. The summed E-state index contributed by atoms with van der Waals surface area (Å²) in [5.41, 5.74) is 3.38. The van der Waals surface area contributed by atoms with E-state index in [-0.39, 0.29) is 4.90 Å². The third-order valence-electron chi connectivity index (χ3n) is 4.35. The standard InChI is InChI=1S/C22H23N3O2S2/c1-17-7-5-6-10-21(17)25-29(26,27)20-13-11-19(12-14-20)24-22(28)23-16-15-18-8-3-2-4-9-18/h2-14,25H,15-16H2,1H3,(H2,23,24,28). The Bertz CT molecular complexity index is 1070. The maximum absolute atomic E-state index is 12.6. The quantitative estimate of drug-likeness (QED) is 0.492. The van der Waals surface area contributed by atoms with Crippen molar-refractivity contribution in [3.8, 4) is 0 Å². The maximum Gasteiger partial charge on any atom is 0.261 e. The van der Waals surface area contributed by atoms with Crippen molar-refractivity contribution >= 4 is 38.7 Å². The minimum atomic E-state index is -3.65. The Morgan fingerprint density at radius 3 is 2.24 bits per heavy atom. The van der Waals surface area contributed by atoms with Crippen LogP contribution in [0, 0.1) is 6.92 Å². The van der Waals surface area contributed by atoms with Crippen molar-refractivity contribution in [3.63, 3.8) is 0 Å². The molecule has 3 aromatic carbocycles. The van der Waals surface area contributed by atoms with Gasteiger partial charge in [0.1, 0.15) is 0 Å². The third-order valence-corrected chi connectivity index (χ3v) is 5.98. The summed E-state index contributed by atoms with van der Waals surface area (Å²) in [7, 11) is -3.65. The van der Waals surface area contributed by atoms with Gasteiger partial charge < -0.3 is 10.6 Å². The second-order valence-corrected chi connectivity index (χ2v) is 8.65. The van der Waals surface area contributed by atoms with Crippen molar-refractivity contribution < 1.29 is 8.42 Å². The largest absolute Gasteiger partial charge is 0.362 e. The Balaban J connectivity index is 1.55. The highest BCUT2D eigenvalue weighted by Gasteiger charge is 2.15. The minimum Gasteiger partial charge on any atom is -0.362 e. The minimum absolute atomic E-state index is 0.189. The summed E-state index contributed by atoms with van der Waals surface area (Å²) in [6.45, 7) is 2.57. The number of hydrogen-bond acceptors (Lipinski definition) is 3. The molecule has 0 aliphatic heterocycles. The zero-order valence-corrected chi connectivity index (χ0v) is 17.7. The van der Waals surface area contributed by atoms with E-state index in [1.54, 1.807) is 36.4 Å². The van der Waals surface area contributed by atoms with Crippen LogP contribution in [0.1, 0.15) is 11.1 Å². The van der Waals surface area contributed by atoms with Gasteiger partial charge in [-0.25, -0.2) is 8.42 Å². The fourth-order valence-electron chi connectivity index (χ4n) is 2.75. The highest BCUT2D eigenvalue weighted by Crippen LogP contribution is 2.20. The lowest BCUT2D eigenvalue weighted by Crippen LogP contribution is -2.30. The van der Waals surface area contributed by atoms with Crippen molar-refractivity contribution in [2.75, 3.05) is 16.6 Å². The summed E-state index contributed by atoms with van der Waals surface area (Å²) in [4.78, 5) is 0.189. The van der Waals surface area contributed by atoms with Gasteiger partial charge in [0.15, 0.2) is 5.11 Å². The SMILES string of the molecule is Cc1ccccc1NS(=O)(=O)c1ccc(NC(=S)NCCc2ccccc2)cc1. The van der Waals surface area contributed by atoms with Crippen LogP contribution < -0.4 is 15.4 Å². The van der Waals surface area contributed by atoms with Crippen LogP contribution in [-0.2, 0) is 16.4 Å². The molecule has 5 nitrogen and oxygen atoms in total. The van der Waals surface area contributed by atoms with Gasteiger partial charge in [-0.2, -0.15) is 0 Å². The van der Waals surface area contributed by atoms with E-state index in [1.165, 1.54) is 5.56 Å². The molecule has 0 aliphatic carbocycles. The van der Waals surface area contributed by atoms with Crippen molar-refractivity contribution in [1.82, 2.24) is 5.32 Å². The van der Waals surface area contributed by atoms with Gasteiger partial charge in [0.05, 0.1) is 10.6 Å². The monoisotopic (exact) mass is 425 g/mol. The van der Waals surface area contributed by atoms with Gasteiger partial charge in [0, 0.05) is 12.2 Å². The van der Waals surface area contributed by atoms with Gasteiger partial charge in [0.2, 0.25) is 0 Å². The summed E-state index contributed by atoms with van der Waals surface area (Å²) >= 11 is 5.31. The van der Waals surface area contributed by atoms with Gasteiger partial charge in [-0.05, 0) is 67.0 Å². The predicted octanol–water partition coefficient (Wildman–Crippen LogP) is 4.32. The first-order valence-electron chi connectivity index (χ1n) is 9.21. The Morgan fingerprint density at radius 1 is 0.897 bits per heavy atom. The first-order valence-corrected chi connectivity index (χ1v) is 11.1. The number of nitrogens with one attached hydrogen (secondary N) is 3. The van der Waals surface area contributed by atoms with Crippen LogP contribution >= 0.6 is 12.2 Å². The number of rotatable bonds is 7. The van der Waals surface area contributed by atoms with Crippen LogP contribution in [0.3, 0.4) is 0 Å². The van der Waals surface area contributed by atoms with E-state index in [2.05, 4.69) is 27.5 Å². The summed E-state index contributed by atoms with van der Waals surface area (Å²) in [5.74, 6) is 0. The molecule has 0 radical (unpaired) electrons. The molecule has 0 saturated carbocycles. The molecule has 0 aliphatic rings. The second-order valence-electron chi connectivity index (χ2n) is 6.56. The molecule has 29 heavy (non-hydrogen) atoms. The number of para-hydroxylation sites is 1. The Kier molecular flexibility index (Phi) is 6.85. The van der Waals surface area contributed by atoms with E-state index in [1.807, 2.05) is 37.3 Å². The lowest BCUT2D eigenvalue weighted by Gasteiger charge is -2.12. The number of benzene rings is 3. The van der Waals surface area contributed by atoms with Gasteiger partial charge in [-0.3, -0.25) is 4.72 Å². The number of sulfonamides is 1. The van der Waals surface area contributed by atoms with Gasteiger partial charge >= 0.3 is 0 Å². The fourth-order valence-corrected chi connectivity index (χ4v) is 4.10. The second kappa shape index (κ2) is 9.54. The Morgan fingerprint density at radius 2 is 1.55 bits per heavy atom. The molecule has 0 amide bonds. The molecule has 0 fully saturated rings. The number of aryl methyl sites for hydroxylation is 1. The van der Waals surface area contributed by atoms with Crippen LogP contribution in [0.25, 0.3) is 0 Å². The summed E-state index contributed by atoms with van der Waals surface area (Å²) in [6, 6.07) is 23.9. The van der Waals surface area contributed by atoms with Gasteiger partial charge in [0.25, 0.3) is 10.0 Å². The molecule has 0 aromatic heterocycles. The first-order chi connectivity index (χ1) is 13.9. The number of anilines is 2. The van der Waals surface area contributed by atoms with Crippen LogP contribution in [0.15, 0.2) is 83.8 Å². The highest BCUT2D eigenvalue weighted by molar-refractivity contribution is 7.92. The van der Waals surface area contributed by atoms with Crippen LogP contribution in [-0.4, -0.2) is 20.1 Å². The van der Waals surface area contributed by atoms with E-state index in [0.29, 0.717) is 17.3 Å². The van der Waals surface area contributed by atoms with Crippen molar-refractivity contribution in [2.45, 2.75) is 18.2 Å². The van der Waals surface area contributed by atoms with Crippen LogP contribution in [0.2, 0.25) is 0 Å². The van der Waals surface area contributed by atoms with Crippen molar-refractivity contribution in [3.05, 3.63) is 90.0 Å². The zero-order chi connectivity index (χ0) is 20.7. The molecule has 0 atom stereocenters. The topological polar surface area (TPSA) is 70.2 Å². The first kappa shape index (κ1) is 20.8. The number of thiocarbonyl (C=S) groups is 1. The molecule has 3 rings (SSSR count). The average molecular weight is 426 g/mol. The van der Waals surface area contributed by atoms with Gasteiger partial charge in [-0.1, -0.05) is 48.5 Å². The van der Waals surface area contributed by atoms with E-state index < -0.39 is 10.0 Å². The van der Waals surface area contributed by atoms with E-state index in [4.69, 9.17) is 12.2 Å². The Labute approximate surface area is 177 Å². The molecule has 0 unspecified atom stereocenters. The molecule has 0 bridgehead atoms. The average Bonchev–Trinajstić information content (AvgIpc) is 2.71. The molecule has 0 spiro atoms. The normalized spacial score (nSPS) is 10.9. The van der Waals surface area contributed by atoms with Gasteiger partial charge in [-0.15, -0.1) is 0 Å². The zero-order valence-electron chi connectivity index (χ0n) is 16.1. The molecule has 0 heterocycles. The van der Waals surface area contributed by atoms with E-state index >= 15 is 0 Å². The van der Waals surface area contributed by atoms with Crippen molar-refractivity contribution in [1.29, 1.82) is 0 Å². The lowest BCUT2D eigenvalue weighted by atomic mass is 10.1. The predicted molar refractivity (Wildman–Crippen MR) is 123 cm³/mol. The molecule has 3 aromatic rings. The van der Waals surface area contributed by atoms with E-state index in [9.17, 15) is 8.42 Å². The lowest BCUT2D eigenvalue weighted by molar-refractivity contribution is 0.601. The molecular formula is C22H23N3O2S2. The van der Waals surface area contributed by atoms with Crippen LogP contribution in [0.4, 0.5) is 11.4 Å². The third kappa shape index (κ3) is 6.04. The molecule has 150 valence electrons. The summed E-state index contributed by atoms with van der Waals surface area (Å²) < 4.78 is 27.8. The maximum atomic E-state index is 12.6. The highest BCUT2D eigenvalue weighted by atomic mass is 32.2. The van der Waals surface area contributed by atoms with Crippen LogP contribution in [0.5, 0.6) is 0 Å². The summed E-state index contributed by atoms with van der Waals surface area (Å²) in [6.07, 6.45) is 0.865. The Hall–Kier alpha value is -2.90. The smallest absolute Gasteiger partial charge is 0.261 e.